The molecule has 1 spiro atoms. The second kappa shape index (κ2) is 3.72. The highest BCUT2D eigenvalue weighted by Gasteiger charge is 2.53. The third kappa shape index (κ3) is 1.65. The molecule has 1 unspecified atom stereocenters. The molecule has 0 aromatic heterocycles. The van der Waals surface area contributed by atoms with Gasteiger partial charge in [-0.25, -0.2) is 0 Å². The van der Waals surface area contributed by atoms with Gasteiger partial charge in [-0.05, 0) is 32.6 Å². The van der Waals surface area contributed by atoms with E-state index in [0.29, 0.717) is 6.04 Å². The third-order valence-corrected chi connectivity index (χ3v) is 4.45. The SMILES string of the molecule is CC1C(=O)NC2(CCCCC2)C(=O)N1C1CC1. The normalized spacial score (nSPS) is 32.8. The maximum Gasteiger partial charge on any atom is 0.249 e. The summed E-state index contributed by atoms with van der Waals surface area (Å²) in [6.07, 6.45) is 7.08. The Kier molecular flexibility index (Phi) is 2.42. The smallest absolute Gasteiger partial charge is 0.249 e. The van der Waals surface area contributed by atoms with Gasteiger partial charge in [-0.1, -0.05) is 19.3 Å². The highest BCUT2D eigenvalue weighted by Crippen LogP contribution is 2.38. The first-order valence-corrected chi connectivity index (χ1v) is 6.79. The second-order valence-electron chi connectivity index (χ2n) is 5.75. The highest BCUT2D eigenvalue weighted by atomic mass is 16.2. The third-order valence-electron chi connectivity index (χ3n) is 4.45. The van der Waals surface area contributed by atoms with Crippen LogP contribution in [0.4, 0.5) is 0 Å². The Morgan fingerprint density at radius 1 is 1.18 bits per heavy atom. The van der Waals surface area contributed by atoms with Crippen LogP contribution in [0.15, 0.2) is 0 Å². The second-order valence-corrected chi connectivity index (χ2v) is 5.75. The summed E-state index contributed by atoms with van der Waals surface area (Å²) in [6.45, 7) is 1.85. The molecule has 2 aliphatic carbocycles. The van der Waals surface area contributed by atoms with E-state index in [0.717, 1.165) is 38.5 Å². The molecular formula is C13H20N2O2. The van der Waals surface area contributed by atoms with E-state index in [4.69, 9.17) is 0 Å². The fourth-order valence-electron chi connectivity index (χ4n) is 3.27. The van der Waals surface area contributed by atoms with Crippen LogP contribution >= 0.6 is 0 Å². The Labute approximate surface area is 102 Å². The van der Waals surface area contributed by atoms with Gasteiger partial charge < -0.3 is 10.2 Å². The van der Waals surface area contributed by atoms with E-state index in [9.17, 15) is 9.59 Å². The van der Waals surface area contributed by atoms with Crippen molar-refractivity contribution in [2.24, 2.45) is 0 Å². The van der Waals surface area contributed by atoms with Crippen LogP contribution in [0.2, 0.25) is 0 Å². The Balaban J connectivity index is 1.89. The molecule has 94 valence electrons. The summed E-state index contributed by atoms with van der Waals surface area (Å²) < 4.78 is 0. The van der Waals surface area contributed by atoms with Gasteiger partial charge in [0.25, 0.3) is 0 Å². The van der Waals surface area contributed by atoms with Crippen molar-refractivity contribution in [3.8, 4) is 0 Å². The highest BCUT2D eigenvalue weighted by molar-refractivity contribution is 6.00. The standard InChI is InChI=1S/C13H20N2O2/c1-9-11(16)14-13(7-3-2-4-8-13)12(17)15(9)10-5-6-10/h9-10H,2-8H2,1H3,(H,14,16). The summed E-state index contributed by atoms with van der Waals surface area (Å²) in [6, 6.07) is 0.0601. The number of hydrogen-bond acceptors (Lipinski definition) is 2. The van der Waals surface area contributed by atoms with Gasteiger partial charge in [-0.3, -0.25) is 9.59 Å². The van der Waals surface area contributed by atoms with Crippen LogP contribution in [-0.2, 0) is 9.59 Å². The van der Waals surface area contributed by atoms with Crippen molar-refractivity contribution in [2.45, 2.75) is 69.5 Å². The molecule has 3 rings (SSSR count). The van der Waals surface area contributed by atoms with Crippen molar-refractivity contribution in [1.29, 1.82) is 0 Å². The van der Waals surface area contributed by atoms with Gasteiger partial charge in [0.1, 0.15) is 11.6 Å². The van der Waals surface area contributed by atoms with Crippen LogP contribution in [0.5, 0.6) is 0 Å². The summed E-state index contributed by atoms with van der Waals surface area (Å²) in [5.41, 5.74) is -0.551. The number of rotatable bonds is 1. The Morgan fingerprint density at radius 2 is 1.82 bits per heavy atom. The summed E-state index contributed by atoms with van der Waals surface area (Å²) in [7, 11) is 0. The topological polar surface area (TPSA) is 49.4 Å². The first kappa shape index (κ1) is 11.1. The summed E-state index contributed by atoms with van der Waals surface area (Å²) >= 11 is 0. The van der Waals surface area contributed by atoms with Gasteiger partial charge in [0.15, 0.2) is 0 Å². The molecule has 0 aromatic carbocycles. The quantitative estimate of drug-likeness (QED) is 0.743. The molecule has 1 atom stereocenters. The average molecular weight is 236 g/mol. The predicted octanol–water partition coefficient (Wildman–Crippen LogP) is 1.20. The molecule has 4 nitrogen and oxygen atoms in total. The zero-order chi connectivity index (χ0) is 12.0. The van der Waals surface area contributed by atoms with Crippen molar-refractivity contribution in [3.63, 3.8) is 0 Å². The van der Waals surface area contributed by atoms with Crippen LogP contribution < -0.4 is 5.32 Å². The van der Waals surface area contributed by atoms with E-state index in [1.54, 1.807) is 0 Å². The molecule has 0 bridgehead atoms. The van der Waals surface area contributed by atoms with Crippen molar-refractivity contribution in [3.05, 3.63) is 0 Å². The summed E-state index contributed by atoms with van der Waals surface area (Å²) in [5.74, 6) is 0.227. The minimum atomic E-state index is -0.551. The molecule has 3 aliphatic rings. The van der Waals surface area contributed by atoms with Crippen molar-refractivity contribution in [2.75, 3.05) is 0 Å². The number of piperazine rings is 1. The largest absolute Gasteiger partial charge is 0.340 e. The lowest BCUT2D eigenvalue weighted by Crippen LogP contribution is -2.70. The molecule has 3 fully saturated rings. The average Bonchev–Trinajstić information content (AvgIpc) is 3.13. The first-order chi connectivity index (χ1) is 8.14. The van der Waals surface area contributed by atoms with Crippen molar-refractivity contribution >= 4 is 11.8 Å². The van der Waals surface area contributed by atoms with Gasteiger partial charge in [-0.2, -0.15) is 0 Å². The van der Waals surface area contributed by atoms with Gasteiger partial charge >= 0.3 is 0 Å². The molecule has 1 N–H and O–H groups in total. The number of nitrogens with one attached hydrogen (secondary N) is 1. The molecule has 0 aromatic rings. The minimum Gasteiger partial charge on any atom is -0.340 e. The zero-order valence-electron chi connectivity index (χ0n) is 10.4. The van der Waals surface area contributed by atoms with Gasteiger partial charge in [0.05, 0.1) is 0 Å². The molecule has 1 aliphatic heterocycles. The van der Waals surface area contributed by atoms with E-state index >= 15 is 0 Å². The van der Waals surface area contributed by atoms with Gasteiger partial charge in [-0.15, -0.1) is 0 Å². The number of amides is 2. The number of carbonyl (C=O) groups is 2. The minimum absolute atomic E-state index is 0.0402. The molecule has 1 saturated heterocycles. The van der Waals surface area contributed by atoms with Crippen LogP contribution in [0.3, 0.4) is 0 Å². The lowest BCUT2D eigenvalue weighted by Gasteiger charge is -2.47. The molecule has 1 heterocycles. The summed E-state index contributed by atoms with van der Waals surface area (Å²) in [5, 5.41) is 3.01. The zero-order valence-corrected chi connectivity index (χ0v) is 10.4. The maximum absolute atomic E-state index is 12.7. The maximum atomic E-state index is 12.7. The molecule has 4 heteroatoms. The van der Waals surface area contributed by atoms with Gasteiger partial charge in [0.2, 0.25) is 11.8 Å². The van der Waals surface area contributed by atoms with Crippen molar-refractivity contribution in [1.82, 2.24) is 10.2 Å². The van der Waals surface area contributed by atoms with Crippen LogP contribution in [0.25, 0.3) is 0 Å². The van der Waals surface area contributed by atoms with E-state index in [1.165, 1.54) is 6.42 Å². The number of carbonyl (C=O) groups excluding carboxylic acids is 2. The van der Waals surface area contributed by atoms with E-state index in [2.05, 4.69) is 5.32 Å². The fourth-order valence-corrected chi connectivity index (χ4v) is 3.27. The Hall–Kier alpha value is -1.06. The molecule has 2 saturated carbocycles. The fraction of sp³-hybridized carbons (Fsp3) is 0.846. The monoisotopic (exact) mass is 236 g/mol. The van der Waals surface area contributed by atoms with Crippen LogP contribution in [0.1, 0.15) is 51.9 Å². The number of hydrogen-bond donors (Lipinski definition) is 1. The van der Waals surface area contributed by atoms with Gasteiger partial charge in [0, 0.05) is 6.04 Å². The van der Waals surface area contributed by atoms with E-state index in [-0.39, 0.29) is 17.9 Å². The molecule has 2 amide bonds. The molecular weight excluding hydrogens is 216 g/mol. The van der Waals surface area contributed by atoms with E-state index in [1.807, 2.05) is 11.8 Å². The Morgan fingerprint density at radius 3 is 2.41 bits per heavy atom. The predicted molar refractivity (Wildman–Crippen MR) is 63.3 cm³/mol. The number of nitrogens with zero attached hydrogens (tertiary/aromatic N) is 1. The van der Waals surface area contributed by atoms with Crippen LogP contribution in [-0.4, -0.2) is 34.3 Å². The lowest BCUT2D eigenvalue weighted by atomic mass is 9.78. The summed E-state index contributed by atoms with van der Waals surface area (Å²) in [4.78, 5) is 26.6. The lowest BCUT2D eigenvalue weighted by molar-refractivity contribution is -0.156. The molecule has 0 radical (unpaired) electrons. The van der Waals surface area contributed by atoms with Crippen molar-refractivity contribution < 1.29 is 9.59 Å². The first-order valence-electron chi connectivity index (χ1n) is 6.79. The van der Waals surface area contributed by atoms with E-state index < -0.39 is 5.54 Å². The molecule has 17 heavy (non-hydrogen) atoms. The Bertz CT molecular complexity index is 356. The van der Waals surface area contributed by atoms with Crippen LogP contribution in [0, 0.1) is 0 Å².